The van der Waals surface area contributed by atoms with Gasteiger partial charge in [-0.05, 0) is 39.7 Å². The van der Waals surface area contributed by atoms with Crippen LogP contribution in [0.4, 0.5) is 0 Å². The van der Waals surface area contributed by atoms with Gasteiger partial charge in [-0.1, -0.05) is 0 Å². The maximum atomic E-state index is 11.9. The lowest BCUT2D eigenvalue weighted by atomic mass is 10.2. The number of unbranched alkanes of at least 4 members (excludes halogenated alkanes) is 2. The number of rotatable bonds is 8. The molecule has 5 heteroatoms. The van der Waals surface area contributed by atoms with Gasteiger partial charge in [0.15, 0.2) is 0 Å². The Morgan fingerprint density at radius 2 is 2.06 bits per heavy atom. The van der Waals surface area contributed by atoms with E-state index in [1.54, 1.807) is 7.11 Å². The van der Waals surface area contributed by atoms with E-state index in [0.717, 1.165) is 32.4 Å². The van der Waals surface area contributed by atoms with Crippen molar-refractivity contribution in [3.63, 3.8) is 0 Å². The topological polar surface area (TPSA) is 58.6 Å². The van der Waals surface area contributed by atoms with E-state index in [1.165, 1.54) is 4.90 Å². The first-order valence-electron chi connectivity index (χ1n) is 6.66. The molecule has 1 heterocycles. The van der Waals surface area contributed by atoms with Gasteiger partial charge >= 0.3 is 0 Å². The molecule has 0 bridgehead atoms. The van der Waals surface area contributed by atoms with Gasteiger partial charge in [-0.15, -0.1) is 0 Å². The number of carbonyl (C=O) groups excluding carboxylic acids is 2. The number of nitrogens with one attached hydrogen (secondary N) is 1. The van der Waals surface area contributed by atoms with Crippen LogP contribution in [0.3, 0.4) is 0 Å². The van der Waals surface area contributed by atoms with E-state index in [4.69, 9.17) is 4.74 Å². The highest BCUT2D eigenvalue weighted by atomic mass is 16.5. The van der Waals surface area contributed by atoms with E-state index >= 15 is 0 Å². The Morgan fingerprint density at radius 1 is 1.33 bits per heavy atom. The first-order valence-corrected chi connectivity index (χ1v) is 6.66. The minimum atomic E-state index is -0.317. The molecule has 1 saturated heterocycles. The average molecular weight is 256 g/mol. The molecule has 1 aliphatic heterocycles. The molecule has 104 valence electrons. The Hall–Kier alpha value is -0.940. The standard InChI is InChI=1S/C13H24N2O3/c1-10(2)15-12(16)9-11(13(15)17)14-7-5-4-6-8-18-3/h10-11,14H,4-9H2,1-3H3. The zero-order chi connectivity index (χ0) is 13.5. The fourth-order valence-electron chi connectivity index (χ4n) is 2.18. The van der Waals surface area contributed by atoms with Crippen LogP contribution in [0.15, 0.2) is 0 Å². The molecule has 1 fully saturated rings. The Bertz CT molecular complexity index is 292. The van der Waals surface area contributed by atoms with Gasteiger partial charge in [0, 0.05) is 19.8 Å². The number of methoxy groups -OCH3 is 1. The summed E-state index contributed by atoms with van der Waals surface area (Å²) in [6, 6.07) is -0.360. The molecule has 1 aliphatic rings. The third-order valence-corrected chi connectivity index (χ3v) is 3.12. The van der Waals surface area contributed by atoms with Crippen LogP contribution in [0.25, 0.3) is 0 Å². The minimum absolute atomic E-state index is 0.0431. The number of nitrogens with zero attached hydrogens (tertiary/aromatic N) is 1. The molecule has 0 aliphatic carbocycles. The Kier molecular flexibility index (Phi) is 6.29. The fourth-order valence-corrected chi connectivity index (χ4v) is 2.18. The fraction of sp³-hybridized carbons (Fsp3) is 0.846. The van der Waals surface area contributed by atoms with E-state index in [0.29, 0.717) is 6.42 Å². The van der Waals surface area contributed by atoms with E-state index in [2.05, 4.69) is 5.32 Å². The lowest BCUT2D eigenvalue weighted by molar-refractivity contribution is -0.140. The van der Waals surface area contributed by atoms with Crippen molar-refractivity contribution in [3.05, 3.63) is 0 Å². The van der Waals surface area contributed by atoms with Crippen molar-refractivity contribution >= 4 is 11.8 Å². The highest BCUT2D eigenvalue weighted by Gasteiger charge is 2.39. The summed E-state index contributed by atoms with van der Waals surface area (Å²) in [5.41, 5.74) is 0. The van der Waals surface area contributed by atoms with E-state index in [9.17, 15) is 9.59 Å². The predicted octanol–water partition coefficient (Wildman–Crippen LogP) is 0.929. The van der Waals surface area contributed by atoms with E-state index in [1.807, 2.05) is 13.8 Å². The van der Waals surface area contributed by atoms with Crippen molar-refractivity contribution in [1.29, 1.82) is 0 Å². The Balaban J connectivity index is 2.24. The molecule has 1 unspecified atom stereocenters. The van der Waals surface area contributed by atoms with Gasteiger partial charge in [-0.25, -0.2) is 0 Å². The Morgan fingerprint density at radius 3 is 2.61 bits per heavy atom. The second kappa shape index (κ2) is 7.48. The van der Waals surface area contributed by atoms with Gasteiger partial charge in [0.05, 0.1) is 12.5 Å². The van der Waals surface area contributed by atoms with Crippen LogP contribution in [-0.4, -0.2) is 49.1 Å². The maximum Gasteiger partial charge on any atom is 0.247 e. The average Bonchev–Trinajstić information content (AvgIpc) is 2.59. The number of ether oxygens (including phenoxy) is 1. The second-order valence-corrected chi connectivity index (χ2v) is 4.96. The summed E-state index contributed by atoms with van der Waals surface area (Å²) in [6.45, 7) is 5.28. The van der Waals surface area contributed by atoms with Crippen molar-refractivity contribution in [3.8, 4) is 0 Å². The third kappa shape index (κ3) is 4.07. The van der Waals surface area contributed by atoms with Crippen LogP contribution in [0, 0.1) is 0 Å². The van der Waals surface area contributed by atoms with Crippen LogP contribution < -0.4 is 5.32 Å². The molecule has 0 aromatic rings. The van der Waals surface area contributed by atoms with E-state index < -0.39 is 0 Å². The van der Waals surface area contributed by atoms with Gasteiger partial charge < -0.3 is 10.1 Å². The van der Waals surface area contributed by atoms with Crippen molar-refractivity contribution in [2.24, 2.45) is 0 Å². The number of amides is 2. The van der Waals surface area contributed by atoms with Crippen LogP contribution in [0.1, 0.15) is 39.5 Å². The number of carbonyl (C=O) groups is 2. The molecule has 2 amide bonds. The van der Waals surface area contributed by atoms with Crippen LogP contribution in [0.5, 0.6) is 0 Å². The number of hydrogen-bond donors (Lipinski definition) is 1. The maximum absolute atomic E-state index is 11.9. The molecule has 0 spiro atoms. The molecule has 1 atom stereocenters. The summed E-state index contributed by atoms with van der Waals surface area (Å²) in [5, 5.41) is 3.17. The SMILES string of the molecule is COCCCCCNC1CC(=O)N(C(C)C)C1=O. The van der Waals surface area contributed by atoms with Crippen LogP contribution in [-0.2, 0) is 14.3 Å². The zero-order valence-electron chi connectivity index (χ0n) is 11.6. The van der Waals surface area contributed by atoms with Gasteiger partial charge in [0.1, 0.15) is 0 Å². The highest BCUT2D eigenvalue weighted by Crippen LogP contribution is 2.16. The lowest BCUT2D eigenvalue weighted by Gasteiger charge is -2.19. The molecule has 0 radical (unpaired) electrons. The predicted molar refractivity (Wildman–Crippen MR) is 69.1 cm³/mol. The molecule has 5 nitrogen and oxygen atoms in total. The number of imide groups is 1. The summed E-state index contributed by atoms with van der Waals surface area (Å²) in [5.74, 6) is -0.140. The van der Waals surface area contributed by atoms with E-state index in [-0.39, 0.29) is 23.9 Å². The summed E-state index contributed by atoms with van der Waals surface area (Å²) >= 11 is 0. The molecule has 1 N–H and O–H groups in total. The second-order valence-electron chi connectivity index (χ2n) is 4.96. The lowest BCUT2D eigenvalue weighted by Crippen LogP contribution is -2.42. The largest absolute Gasteiger partial charge is 0.385 e. The molecule has 0 aromatic carbocycles. The summed E-state index contributed by atoms with van der Waals surface area (Å²) in [4.78, 5) is 25.0. The van der Waals surface area contributed by atoms with Crippen LogP contribution >= 0.6 is 0 Å². The summed E-state index contributed by atoms with van der Waals surface area (Å²) in [7, 11) is 1.70. The zero-order valence-corrected chi connectivity index (χ0v) is 11.6. The van der Waals surface area contributed by atoms with Crippen molar-refractivity contribution in [2.75, 3.05) is 20.3 Å². The van der Waals surface area contributed by atoms with Crippen molar-refractivity contribution < 1.29 is 14.3 Å². The molecular formula is C13H24N2O3. The highest BCUT2D eigenvalue weighted by molar-refractivity contribution is 6.05. The van der Waals surface area contributed by atoms with Crippen molar-refractivity contribution in [2.45, 2.75) is 51.6 Å². The normalized spacial score (nSPS) is 20.2. The molecule has 1 rings (SSSR count). The quantitative estimate of drug-likeness (QED) is 0.518. The summed E-state index contributed by atoms with van der Waals surface area (Å²) < 4.78 is 4.97. The minimum Gasteiger partial charge on any atom is -0.385 e. The molecule has 18 heavy (non-hydrogen) atoms. The smallest absolute Gasteiger partial charge is 0.247 e. The number of likely N-dealkylation sites (tertiary alicyclic amines) is 1. The van der Waals surface area contributed by atoms with Gasteiger partial charge in [-0.2, -0.15) is 0 Å². The molecule has 0 aromatic heterocycles. The Labute approximate surface area is 109 Å². The molecule has 0 saturated carbocycles. The molecular weight excluding hydrogens is 232 g/mol. The van der Waals surface area contributed by atoms with Crippen LogP contribution in [0.2, 0.25) is 0 Å². The first-order chi connectivity index (χ1) is 8.57. The third-order valence-electron chi connectivity index (χ3n) is 3.12. The monoisotopic (exact) mass is 256 g/mol. The first kappa shape index (κ1) is 15.1. The number of hydrogen-bond acceptors (Lipinski definition) is 4. The summed E-state index contributed by atoms with van der Waals surface area (Å²) in [6.07, 6.45) is 3.41. The van der Waals surface area contributed by atoms with Gasteiger partial charge in [0.25, 0.3) is 0 Å². The van der Waals surface area contributed by atoms with Crippen molar-refractivity contribution in [1.82, 2.24) is 10.2 Å². The van der Waals surface area contributed by atoms with Gasteiger partial charge in [0.2, 0.25) is 11.8 Å². The van der Waals surface area contributed by atoms with Gasteiger partial charge in [-0.3, -0.25) is 14.5 Å².